The molecule has 0 heterocycles. The molecule has 0 spiro atoms. The second-order valence-corrected chi connectivity index (χ2v) is 6.51. The van der Waals surface area contributed by atoms with E-state index in [2.05, 4.69) is 20.8 Å². The number of aldehydes is 1. The molecule has 1 aromatic carbocycles. The van der Waals surface area contributed by atoms with Crippen LogP contribution in [0, 0.1) is 11.2 Å². The molecule has 0 atom stereocenters. The van der Waals surface area contributed by atoms with E-state index in [0.717, 1.165) is 6.04 Å². The highest BCUT2D eigenvalue weighted by Gasteiger charge is 2.17. The molecule has 0 unspecified atom stereocenters. The summed E-state index contributed by atoms with van der Waals surface area (Å²) in [6.45, 7) is 6.66. The Bertz CT molecular complexity index is 405. The maximum absolute atomic E-state index is 13.3. The van der Waals surface area contributed by atoms with Crippen molar-refractivity contribution in [2.45, 2.75) is 39.7 Å². The Morgan fingerprint density at radius 3 is 2.72 bits per heavy atom. The van der Waals surface area contributed by atoms with Gasteiger partial charge in [0.25, 0.3) is 0 Å². The number of halogens is 1. The van der Waals surface area contributed by atoms with Crippen LogP contribution < -0.4 is 4.43 Å². The molecule has 18 heavy (non-hydrogen) atoms. The minimum atomic E-state index is -0.701. The fourth-order valence-corrected chi connectivity index (χ4v) is 3.26. The monoisotopic (exact) mass is 268 g/mol. The topological polar surface area (TPSA) is 26.3 Å². The zero-order valence-electron chi connectivity index (χ0n) is 11.3. The second-order valence-electron chi connectivity index (χ2n) is 5.31. The first-order valence-corrected chi connectivity index (χ1v) is 7.94. The van der Waals surface area contributed by atoms with Crippen LogP contribution in [0.25, 0.3) is 0 Å². The van der Waals surface area contributed by atoms with Gasteiger partial charge < -0.3 is 4.43 Å². The molecule has 0 aromatic heterocycles. The molecule has 0 aliphatic heterocycles. The van der Waals surface area contributed by atoms with E-state index in [9.17, 15) is 9.18 Å². The Morgan fingerprint density at radius 1 is 1.44 bits per heavy atom. The number of hydrogen-bond acceptors (Lipinski definition) is 2. The maximum Gasteiger partial charge on any atom is 0.220 e. The molecule has 0 radical (unpaired) electrons. The quantitative estimate of drug-likeness (QED) is 0.560. The Morgan fingerprint density at radius 2 is 2.17 bits per heavy atom. The zero-order chi connectivity index (χ0) is 13.6. The normalized spacial score (nSPS) is 12.0. The summed E-state index contributed by atoms with van der Waals surface area (Å²) in [5.74, 6) is 0.0291. The molecular weight excluding hydrogens is 247 g/mol. The summed E-state index contributed by atoms with van der Waals surface area (Å²) in [7, 11) is -0.701. The molecule has 0 aliphatic carbocycles. The lowest BCUT2D eigenvalue weighted by Crippen LogP contribution is -2.16. The lowest BCUT2D eigenvalue weighted by molar-refractivity contribution is 0.112. The van der Waals surface area contributed by atoms with Gasteiger partial charge in [0.05, 0.1) is 5.56 Å². The van der Waals surface area contributed by atoms with Gasteiger partial charge in [0.15, 0.2) is 6.29 Å². The molecule has 1 aromatic rings. The maximum atomic E-state index is 13.3. The Labute approximate surface area is 110 Å². The van der Waals surface area contributed by atoms with Crippen molar-refractivity contribution >= 4 is 16.0 Å². The molecule has 0 fully saturated rings. The summed E-state index contributed by atoms with van der Waals surface area (Å²) in [6, 6.07) is 5.48. The fourth-order valence-electron chi connectivity index (χ4n) is 1.94. The molecule has 0 bridgehead atoms. The second kappa shape index (κ2) is 6.68. The summed E-state index contributed by atoms with van der Waals surface area (Å²) >= 11 is 0. The molecule has 1 rings (SSSR count). The molecule has 0 N–H and O–H groups in total. The number of rotatable bonds is 7. The summed E-state index contributed by atoms with van der Waals surface area (Å²) in [4.78, 5) is 10.5. The van der Waals surface area contributed by atoms with Crippen molar-refractivity contribution in [3.05, 3.63) is 29.6 Å². The van der Waals surface area contributed by atoms with E-state index >= 15 is 0 Å². The lowest BCUT2D eigenvalue weighted by atomic mass is 9.91. The van der Waals surface area contributed by atoms with Crippen LogP contribution >= 0.6 is 0 Å². The van der Waals surface area contributed by atoms with Crippen LogP contribution in [0.2, 0.25) is 6.04 Å². The first-order chi connectivity index (χ1) is 8.48. The van der Waals surface area contributed by atoms with Gasteiger partial charge in [-0.15, -0.1) is 0 Å². The van der Waals surface area contributed by atoms with Crippen LogP contribution in [0.4, 0.5) is 4.39 Å². The van der Waals surface area contributed by atoms with Crippen LogP contribution in [0.5, 0.6) is 5.75 Å². The smallest absolute Gasteiger partial charge is 0.220 e. The van der Waals surface area contributed by atoms with Crippen LogP contribution in [-0.4, -0.2) is 16.0 Å². The number of hydrogen-bond donors (Lipinski definition) is 0. The predicted molar refractivity (Wildman–Crippen MR) is 74.5 cm³/mol. The summed E-state index contributed by atoms with van der Waals surface area (Å²) in [6.07, 6.45) is 2.87. The summed E-state index contributed by atoms with van der Waals surface area (Å²) < 4.78 is 19.0. The fraction of sp³-hybridized carbons (Fsp3) is 0.500. The van der Waals surface area contributed by atoms with Crippen molar-refractivity contribution in [1.82, 2.24) is 0 Å². The molecule has 0 aliphatic rings. The summed E-state index contributed by atoms with van der Waals surface area (Å²) in [5.41, 5.74) is 0.387. The summed E-state index contributed by atoms with van der Waals surface area (Å²) in [5, 5.41) is 0. The molecular formula is C14H21FO2Si. The van der Waals surface area contributed by atoms with Gasteiger partial charge in [-0.3, -0.25) is 4.79 Å². The third kappa shape index (κ3) is 4.60. The van der Waals surface area contributed by atoms with Gasteiger partial charge in [-0.2, -0.15) is 0 Å². The average molecular weight is 268 g/mol. The minimum Gasteiger partial charge on any atom is -0.549 e. The molecule has 0 saturated carbocycles. The van der Waals surface area contributed by atoms with Gasteiger partial charge in [0, 0.05) is 6.07 Å². The highest BCUT2D eigenvalue weighted by atomic mass is 28.2. The largest absolute Gasteiger partial charge is 0.549 e. The number of benzene rings is 1. The van der Waals surface area contributed by atoms with E-state index in [4.69, 9.17) is 4.43 Å². The predicted octanol–water partition coefficient (Wildman–Crippen LogP) is 3.35. The highest BCUT2D eigenvalue weighted by molar-refractivity contribution is 6.28. The van der Waals surface area contributed by atoms with Gasteiger partial charge in [0.2, 0.25) is 9.76 Å². The van der Waals surface area contributed by atoms with E-state index in [1.54, 1.807) is 6.07 Å². The van der Waals surface area contributed by atoms with Crippen LogP contribution in [0.3, 0.4) is 0 Å². The number of carbonyl (C=O) groups excluding carboxylic acids is 1. The first-order valence-electron chi connectivity index (χ1n) is 6.36. The van der Waals surface area contributed by atoms with Crippen LogP contribution in [0.15, 0.2) is 18.2 Å². The zero-order valence-corrected chi connectivity index (χ0v) is 12.7. The van der Waals surface area contributed by atoms with E-state index < -0.39 is 15.6 Å². The van der Waals surface area contributed by atoms with Gasteiger partial charge in [-0.1, -0.05) is 27.2 Å². The Balaban J connectivity index is 2.49. The van der Waals surface area contributed by atoms with Gasteiger partial charge in [-0.25, -0.2) is 4.39 Å². The van der Waals surface area contributed by atoms with Crippen molar-refractivity contribution in [2.75, 3.05) is 0 Å². The minimum absolute atomic E-state index is 0.0790. The van der Waals surface area contributed by atoms with E-state index in [-0.39, 0.29) is 5.56 Å². The van der Waals surface area contributed by atoms with Crippen molar-refractivity contribution in [3.63, 3.8) is 0 Å². The standard InChI is InChI=1S/C14H21FO2Si/c1-4-7-14(2,3)10-18-17-12-6-5-11(9-16)13(15)8-12/h5-6,8-9H,4,7,10,18H2,1-3H3. The molecule has 2 nitrogen and oxygen atoms in total. The Hall–Kier alpha value is -1.16. The van der Waals surface area contributed by atoms with Crippen LogP contribution in [-0.2, 0) is 0 Å². The molecule has 100 valence electrons. The third-order valence-corrected chi connectivity index (χ3v) is 5.17. The van der Waals surface area contributed by atoms with Gasteiger partial charge in [0.1, 0.15) is 11.6 Å². The molecule has 4 heteroatoms. The number of carbonyl (C=O) groups is 1. The van der Waals surface area contributed by atoms with Crippen molar-refractivity contribution in [2.24, 2.45) is 5.41 Å². The van der Waals surface area contributed by atoms with Crippen LogP contribution in [0.1, 0.15) is 44.0 Å². The lowest BCUT2D eigenvalue weighted by Gasteiger charge is -2.23. The molecule has 0 amide bonds. The van der Waals surface area contributed by atoms with Crippen molar-refractivity contribution in [1.29, 1.82) is 0 Å². The first kappa shape index (κ1) is 14.9. The van der Waals surface area contributed by atoms with E-state index in [0.29, 0.717) is 17.5 Å². The van der Waals surface area contributed by atoms with Crippen molar-refractivity contribution < 1.29 is 13.6 Å². The SMILES string of the molecule is CCCC(C)(C)C[SiH2]Oc1ccc(C=O)c(F)c1. The van der Waals surface area contributed by atoms with Gasteiger partial charge in [-0.05, 0) is 30.0 Å². The third-order valence-electron chi connectivity index (χ3n) is 3.07. The van der Waals surface area contributed by atoms with E-state index in [1.165, 1.54) is 25.0 Å². The Kier molecular flexibility index (Phi) is 5.53. The van der Waals surface area contributed by atoms with Gasteiger partial charge >= 0.3 is 0 Å². The van der Waals surface area contributed by atoms with E-state index in [1.807, 2.05) is 0 Å². The highest BCUT2D eigenvalue weighted by Crippen LogP contribution is 2.27. The average Bonchev–Trinajstić information content (AvgIpc) is 2.29. The molecule has 0 saturated heterocycles. The van der Waals surface area contributed by atoms with Crippen molar-refractivity contribution in [3.8, 4) is 5.75 Å².